The Kier molecular flexibility index (Phi) is 5.29. The molecule has 0 radical (unpaired) electrons. The Balaban J connectivity index is 2.57. The van der Waals surface area contributed by atoms with Gasteiger partial charge < -0.3 is 10.1 Å². The van der Waals surface area contributed by atoms with Crippen LogP contribution in [0, 0.1) is 0 Å². The van der Waals surface area contributed by atoms with Gasteiger partial charge in [0.05, 0.1) is 0 Å². The van der Waals surface area contributed by atoms with E-state index in [-0.39, 0.29) is 11.6 Å². The molecule has 0 aromatic rings. The summed E-state index contributed by atoms with van der Waals surface area (Å²) in [5.74, 6) is 0. The van der Waals surface area contributed by atoms with E-state index in [2.05, 4.69) is 21.2 Å². The highest BCUT2D eigenvalue weighted by atomic mass is 79.9. The minimum Gasteiger partial charge on any atom is -0.444 e. The first-order chi connectivity index (χ1) is 7.87. The normalized spacial score (nSPS) is 19.8. The summed E-state index contributed by atoms with van der Waals surface area (Å²) in [4.78, 5) is 11.9. The van der Waals surface area contributed by atoms with Gasteiger partial charge in [0.25, 0.3) is 0 Å². The molecule has 0 bridgehead atoms. The summed E-state index contributed by atoms with van der Waals surface area (Å²) in [6.07, 6.45) is 6.51. The van der Waals surface area contributed by atoms with Crippen LogP contribution in [0.3, 0.4) is 0 Å². The number of halogens is 1. The first kappa shape index (κ1) is 14.8. The van der Waals surface area contributed by atoms with Crippen LogP contribution in [0.25, 0.3) is 0 Å². The van der Waals surface area contributed by atoms with Gasteiger partial charge >= 0.3 is 6.09 Å². The molecule has 17 heavy (non-hydrogen) atoms. The van der Waals surface area contributed by atoms with Gasteiger partial charge in [-0.15, -0.1) is 0 Å². The molecule has 0 unspecified atom stereocenters. The minimum atomic E-state index is -0.422. The summed E-state index contributed by atoms with van der Waals surface area (Å²) in [6.45, 7) is 5.68. The van der Waals surface area contributed by atoms with Crippen LogP contribution >= 0.6 is 15.9 Å². The number of hydrogen-bond acceptors (Lipinski definition) is 2. The first-order valence-corrected chi connectivity index (χ1v) is 7.56. The molecule has 1 aliphatic rings. The summed E-state index contributed by atoms with van der Waals surface area (Å²) >= 11 is 3.48. The molecule has 1 N–H and O–H groups in total. The highest BCUT2D eigenvalue weighted by Crippen LogP contribution is 2.31. The molecular weight excluding hydrogens is 282 g/mol. The largest absolute Gasteiger partial charge is 0.444 e. The molecule has 0 aromatic heterocycles. The quantitative estimate of drug-likeness (QED) is 0.800. The zero-order valence-electron chi connectivity index (χ0n) is 11.1. The average Bonchev–Trinajstić information content (AvgIpc) is 2.15. The van der Waals surface area contributed by atoms with Crippen LogP contribution in [-0.2, 0) is 4.74 Å². The molecule has 1 saturated carbocycles. The lowest BCUT2D eigenvalue weighted by Crippen LogP contribution is -2.51. The van der Waals surface area contributed by atoms with E-state index in [1.54, 1.807) is 0 Å². The van der Waals surface area contributed by atoms with Gasteiger partial charge in [0.1, 0.15) is 5.60 Å². The summed E-state index contributed by atoms with van der Waals surface area (Å²) in [6, 6.07) is 0. The third kappa shape index (κ3) is 5.28. The lowest BCUT2D eigenvalue weighted by atomic mass is 9.80. The third-order valence-corrected chi connectivity index (χ3v) is 3.55. The molecule has 4 heteroatoms. The van der Waals surface area contributed by atoms with Gasteiger partial charge in [-0.2, -0.15) is 0 Å². The zero-order valence-corrected chi connectivity index (χ0v) is 12.7. The van der Waals surface area contributed by atoms with Crippen molar-refractivity contribution in [2.45, 2.75) is 70.4 Å². The number of alkyl carbamates (subject to hydrolysis) is 1. The maximum atomic E-state index is 11.9. The maximum absolute atomic E-state index is 11.9. The highest BCUT2D eigenvalue weighted by Gasteiger charge is 2.34. The Hall–Kier alpha value is -0.250. The van der Waals surface area contributed by atoms with Crippen molar-refractivity contribution in [1.82, 2.24) is 5.32 Å². The van der Waals surface area contributed by atoms with Gasteiger partial charge in [0.2, 0.25) is 0 Å². The van der Waals surface area contributed by atoms with Crippen molar-refractivity contribution >= 4 is 22.0 Å². The lowest BCUT2D eigenvalue weighted by Gasteiger charge is -2.38. The Morgan fingerprint density at radius 1 is 1.29 bits per heavy atom. The Morgan fingerprint density at radius 3 is 2.35 bits per heavy atom. The molecule has 0 heterocycles. The first-order valence-electron chi connectivity index (χ1n) is 6.44. The Bertz CT molecular complexity index is 249. The van der Waals surface area contributed by atoms with Gasteiger partial charge in [-0.05, 0) is 40.0 Å². The summed E-state index contributed by atoms with van der Waals surface area (Å²) in [7, 11) is 0. The van der Waals surface area contributed by atoms with E-state index in [0.717, 1.165) is 24.6 Å². The summed E-state index contributed by atoms with van der Waals surface area (Å²) < 4.78 is 5.35. The number of carbonyl (C=O) groups is 1. The molecule has 3 nitrogen and oxygen atoms in total. The van der Waals surface area contributed by atoms with Gasteiger partial charge in [-0.25, -0.2) is 4.79 Å². The molecule has 100 valence electrons. The van der Waals surface area contributed by atoms with Crippen LogP contribution in [0.15, 0.2) is 0 Å². The molecule has 1 amide bonds. The predicted octanol–water partition coefficient (Wildman–Crippen LogP) is 4.00. The third-order valence-electron chi connectivity index (χ3n) is 3.15. The second-order valence-electron chi connectivity index (χ2n) is 5.91. The van der Waals surface area contributed by atoms with E-state index >= 15 is 0 Å². The Morgan fingerprint density at radius 2 is 1.88 bits per heavy atom. The van der Waals surface area contributed by atoms with Crippen LogP contribution in [0.5, 0.6) is 0 Å². The second kappa shape index (κ2) is 6.07. The van der Waals surface area contributed by atoms with E-state index in [9.17, 15) is 4.79 Å². The van der Waals surface area contributed by atoms with Crippen molar-refractivity contribution in [2.24, 2.45) is 0 Å². The molecule has 0 aliphatic heterocycles. The standard InChI is InChI=1S/C13H24BrNO2/c1-12(2,3)17-11(16)15-13(9-10-14)7-5-4-6-8-13/h4-10H2,1-3H3,(H,15,16). The van der Waals surface area contributed by atoms with Gasteiger partial charge in [-0.3, -0.25) is 0 Å². The van der Waals surface area contributed by atoms with E-state index in [4.69, 9.17) is 4.74 Å². The molecule has 1 fully saturated rings. The number of rotatable bonds is 3. The number of carbonyl (C=O) groups excluding carboxylic acids is 1. The van der Waals surface area contributed by atoms with Crippen LogP contribution < -0.4 is 5.32 Å². The van der Waals surface area contributed by atoms with Crippen LogP contribution in [0.4, 0.5) is 4.79 Å². The van der Waals surface area contributed by atoms with Crippen LogP contribution in [0.2, 0.25) is 0 Å². The van der Waals surface area contributed by atoms with Crippen LogP contribution in [0.1, 0.15) is 59.3 Å². The van der Waals surface area contributed by atoms with Crippen molar-refractivity contribution in [3.63, 3.8) is 0 Å². The number of alkyl halides is 1. The van der Waals surface area contributed by atoms with E-state index < -0.39 is 5.60 Å². The molecule has 0 spiro atoms. The number of ether oxygens (including phenoxy) is 1. The van der Waals surface area contributed by atoms with Crippen LogP contribution in [-0.4, -0.2) is 22.6 Å². The average molecular weight is 306 g/mol. The maximum Gasteiger partial charge on any atom is 0.408 e. The predicted molar refractivity (Wildman–Crippen MR) is 73.6 cm³/mol. The fourth-order valence-electron chi connectivity index (χ4n) is 2.37. The Labute approximate surface area is 113 Å². The highest BCUT2D eigenvalue weighted by molar-refractivity contribution is 9.09. The van der Waals surface area contributed by atoms with Crippen molar-refractivity contribution in [3.8, 4) is 0 Å². The van der Waals surface area contributed by atoms with Gasteiger partial charge in [0.15, 0.2) is 0 Å². The molecule has 0 aromatic carbocycles. The molecule has 1 rings (SSSR count). The van der Waals surface area contributed by atoms with Gasteiger partial charge in [-0.1, -0.05) is 35.2 Å². The minimum absolute atomic E-state index is 0.0515. The van der Waals surface area contributed by atoms with Crippen molar-refractivity contribution in [2.75, 3.05) is 5.33 Å². The number of hydrogen-bond donors (Lipinski definition) is 1. The van der Waals surface area contributed by atoms with E-state index in [1.165, 1.54) is 19.3 Å². The van der Waals surface area contributed by atoms with Crippen molar-refractivity contribution in [3.05, 3.63) is 0 Å². The van der Waals surface area contributed by atoms with E-state index in [0.29, 0.717) is 0 Å². The molecule has 0 saturated heterocycles. The number of nitrogens with one attached hydrogen (secondary N) is 1. The fourth-order valence-corrected chi connectivity index (χ4v) is 3.13. The summed E-state index contributed by atoms with van der Waals surface area (Å²) in [5.41, 5.74) is -0.474. The SMILES string of the molecule is CC(C)(C)OC(=O)NC1(CCBr)CCCCC1. The topological polar surface area (TPSA) is 38.3 Å². The zero-order chi connectivity index (χ0) is 12.9. The molecule has 1 aliphatic carbocycles. The van der Waals surface area contributed by atoms with Crippen molar-refractivity contribution < 1.29 is 9.53 Å². The number of amides is 1. The monoisotopic (exact) mass is 305 g/mol. The van der Waals surface area contributed by atoms with Gasteiger partial charge in [0, 0.05) is 10.9 Å². The molecule has 0 atom stereocenters. The smallest absolute Gasteiger partial charge is 0.408 e. The summed E-state index contributed by atoms with van der Waals surface area (Å²) in [5, 5.41) is 4.02. The fraction of sp³-hybridized carbons (Fsp3) is 0.923. The lowest BCUT2D eigenvalue weighted by molar-refractivity contribution is 0.0421. The second-order valence-corrected chi connectivity index (χ2v) is 6.70. The van der Waals surface area contributed by atoms with Crippen molar-refractivity contribution in [1.29, 1.82) is 0 Å². The van der Waals surface area contributed by atoms with E-state index in [1.807, 2.05) is 20.8 Å². The molecular formula is C13H24BrNO2.